The van der Waals surface area contributed by atoms with Crippen LogP contribution in [0.5, 0.6) is 0 Å². The summed E-state index contributed by atoms with van der Waals surface area (Å²) in [6.07, 6.45) is 0.517. The normalized spacial score (nSPS) is 19.7. The fourth-order valence-corrected chi connectivity index (χ4v) is 5.18. The molecule has 0 unspecified atom stereocenters. The van der Waals surface area contributed by atoms with Gasteiger partial charge in [0.15, 0.2) is 5.11 Å². The van der Waals surface area contributed by atoms with Gasteiger partial charge in [0, 0.05) is 11.1 Å². The van der Waals surface area contributed by atoms with Gasteiger partial charge in [0.2, 0.25) is 5.91 Å². The molecule has 7 heteroatoms. The second-order valence-corrected chi connectivity index (χ2v) is 9.44. The Kier molecular flexibility index (Phi) is 7.03. The zero-order valence-electron chi connectivity index (χ0n) is 18.2. The van der Waals surface area contributed by atoms with E-state index in [1.807, 2.05) is 61.5 Å². The SMILES string of the molecule is C[C@@H]1[C@@H](Cc2ccc(Cl)cc2)C(=O)N(c2ccc(F)c(Cl)c2)C(=S)N1[C@@H](C)c1ccccc1. The molecule has 3 nitrogen and oxygen atoms in total. The molecule has 1 aliphatic heterocycles. The fraction of sp³-hybridized carbons (Fsp3) is 0.231. The minimum atomic E-state index is -0.545. The lowest BCUT2D eigenvalue weighted by atomic mass is 9.87. The third-order valence-corrected chi connectivity index (χ3v) is 7.14. The van der Waals surface area contributed by atoms with E-state index in [-0.39, 0.29) is 28.9 Å². The van der Waals surface area contributed by atoms with Gasteiger partial charge in [0.1, 0.15) is 5.82 Å². The van der Waals surface area contributed by atoms with Crippen LogP contribution in [0, 0.1) is 11.7 Å². The number of carbonyl (C=O) groups excluding carboxylic acids is 1. The van der Waals surface area contributed by atoms with E-state index in [2.05, 4.69) is 11.8 Å². The Morgan fingerprint density at radius 1 is 1.03 bits per heavy atom. The van der Waals surface area contributed by atoms with Crippen LogP contribution in [-0.4, -0.2) is 22.0 Å². The van der Waals surface area contributed by atoms with Crippen molar-refractivity contribution in [3.63, 3.8) is 0 Å². The molecule has 0 saturated carbocycles. The van der Waals surface area contributed by atoms with Gasteiger partial charge in [0.05, 0.1) is 22.7 Å². The van der Waals surface area contributed by atoms with E-state index < -0.39 is 5.82 Å². The molecule has 0 bridgehead atoms. The van der Waals surface area contributed by atoms with E-state index in [0.717, 1.165) is 11.1 Å². The summed E-state index contributed by atoms with van der Waals surface area (Å²) in [5, 5.41) is 0.961. The first-order chi connectivity index (χ1) is 15.8. The first kappa shape index (κ1) is 23.7. The summed E-state index contributed by atoms with van der Waals surface area (Å²) in [5.74, 6) is -1.06. The van der Waals surface area contributed by atoms with Crippen molar-refractivity contribution >= 4 is 52.1 Å². The third kappa shape index (κ3) is 4.77. The number of amides is 1. The van der Waals surface area contributed by atoms with Gasteiger partial charge in [-0.2, -0.15) is 0 Å². The molecule has 0 N–H and O–H groups in total. The van der Waals surface area contributed by atoms with Gasteiger partial charge in [-0.15, -0.1) is 0 Å². The molecule has 1 saturated heterocycles. The van der Waals surface area contributed by atoms with Crippen molar-refractivity contribution in [3.8, 4) is 0 Å². The highest BCUT2D eigenvalue weighted by Gasteiger charge is 2.44. The van der Waals surface area contributed by atoms with E-state index in [1.165, 1.54) is 23.1 Å². The molecule has 3 aromatic carbocycles. The highest BCUT2D eigenvalue weighted by molar-refractivity contribution is 7.80. The lowest BCUT2D eigenvalue weighted by Gasteiger charge is -2.48. The molecule has 0 radical (unpaired) electrons. The van der Waals surface area contributed by atoms with Crippen molar-refractivity contribution in [2.75, 3.05) is 4.90 Å². The van der Waals surface area contributed by atoms with E-state index >= 15 is 0 Å². The Balaban J connectivity index is 1.77. The maximum Gasteiger partial charge on any atom is 0.238 e. The Morgan fingerprint density at radius 3 is 2.33 bits per heavy atom. The molecule has 1 aliphatic rings. The van der Waals surface area contributed by atoms with Gasteiger partial charge in [-0.25, -0.2) is 4.39 Å². The number of carbonyl (C=O) groups is 1. The van der Waals surface area contributed by atoms with E-state index in [9.17, 15) is 9.18 Å². The molecule has 0 aromatic heterocycles. The van der Waals surface area contributed by atoms with Gasteiger partial charge in [-0.05, 0) is 73.9 Å². The first-order valence-corrected chi connectivity index (χ1v) is 11.8. The number of halogens is 3. The highest BCUT2D eigenvalue weighted by atomic mass is 35.5. The lowest BCUT2D eigenvalue weighted by molar-refractivity contribution is -0.124. The molecule has 1 amide bonds. The van der Waals surface area contributed by atoms with Crippen LogP contribution in [-0.2, 0) is 11.2 Å². The molecule has 0 spiro atoms. The largest absolute Gasteiger partial charge is 0.338 e. The van der Waals surface area contributed by atoms with Crippen molar-refractivity contribution in [2.24, 2.45) is 5.92 Å². The molecule has 33 heavy (non-hydrogen) atoms. The summed E-state index contributed by atoms with van der Waals surface area (Å²) in [6, 6.07) is 21.5. The molecule has 0 aliphatic carbocycles. The highest BCUT2D eigenvalue weighted by Crippen LogP contribution is 2.36. The summed E-state index contributed by atoms with van der Waals surface area (Å²) in [5.41, 5.74) is 2.54. The summed E-state index contributed by atoms with van der Waals surface area (Å²) < 4.78 is 13.9. The van der Waals surface area contributed by atoms with E-state index in [0.29, 0.717) is 22.2 Å². The fourth-order valence-electron chi connectivity index (χ4n) is 4.35. The Hall–Kier alpha value is -2.47. The number of benzene rings is 3. The van der Waals surface area contributed by atoms with Crippen LogP contribution in [0.4, 0.5) is 10.1 Å². The summed E-state index contributed by atoms with van der Waals surface area (Å²) in [4.78, 5) is 17.3. The predicted octanol–water partition coefficient (Wildman–Crippen LogP) is 7.07. The van der Waals surface area contributed by atoms with Gasteiger partial charge >= 0.3 is 0 Å². The minimum absolute atomic E-state index is 0.0568. The predicted molar refractivity (Wildman–Crippen MR) is 136 cm³/mol. The quantitative estimate of drug-likeness (QED) is 0.349. The monoisotopic (exact) mass is 500 g/mol. The number of hydrogen-bond donors (Lipinski definition) is 0. The summed E-state index contributed by atoms with van der Waals surface area (Å²) >= 11 is 17.9. The van der Waals surface area contributed by atoms with E-state index in [4.69, 9.17) is 35.4 Å². The van der Waals surface area contributed by atoms with E-state index in [1.54, 1.807) is 0 Å². The summed E-state index contributed by atoms with van der Waals surface area (Å²) in [6.45, 7) is 4.10. The standard InChI is InChI=1S/C26H23Cl2FN2OS/c1-16(19-6-4-3-5-7-19)30-17(2)22(14-18-8-10-20(27)11-9-18)25(32)31(26(30)33)21-12-13-24(29)23(28)15-21/h3-13,15-17,22H,14H2,1-2H3/t16-,17+,22+/m0/s1. The first-order valence-electron chi connectivity index (χ1n) is 10.7. The Bertz CT molecular complexity index is 1170. The van der Waals surface area contributed by atoms with Crippen LogP contribution in [0.1, 0.15) is 31.0 Å². The Morgan fingerprint density at radius 2 is 1.70 bits per heavy atom. The van der Waals surface area contributed by atoms with Gasteiger partial charge in [-0.1, -0.05) is 65.7 Å². The van der Waals surface area contributed by atoms with Crippen LogP contribution < -0.4 is 4.90 Å². The van der Waals surface area contributed by atoms with Crippen LogP contribution in [0.3, 0.4) is 0 Å². The van der Waals surface area contributed by atoms with Gasteiger partial charge in [0.25, 0.3) is 0 Å². The zero-order valence-corrected chi connectivity index (χ0v) is 20.5. The average molecular weight is 501 g/mol. The maximum atomic E-state index is 13.9. The molecule has 1 fully saturated rings. The zero-order chi connectivity index (χ0) is 23.7. The average Bonchev–Trinajstić information content (AvgIpc) is 2.81. The van der Waals surface area contributed by atoms with Crippen LogP contribution in [0.2, 0.25) is 10.0 Å². The topological polar surface area (TPSA) is 23.6 Å². The molecule has 1 heterocycles. The van der Waals surface area contributed by atoms with Gasteiger partial charge < -0.3 is 4.90 Å². The second kappa shape index (κ2) is 9.80. The van der Waals surface area contributed by atoms with Crippen LogP contribution >= 0.6 is 35.4 Å². The smallest absolute Gasteiger partial charge is 0.238 e. The second-order valence-electron chi connectivity index (χ2n) is 8.23. The number of hydrogen-bond acceptors (Lipinski definition) is 2. The van der Waals surface area contributed by atoms with Gasteiger partial charge in [-0.3, -0.25) is 9.69 Å². The van der Waals surface area contributed by atoms with Crippen molar-refractivity contribution in [1.29, 1.82) is 0 Å². The lowest BCUT2D eigenvalue weighted by Crippen LogP contribution is -2.62. The number of anilines is 1. The van der Waals surface area contributed by atoms with Crippen molar-refractivity contribution in [3.05, 3.63) is 99.8 Å². The third-order valence-electron chi connectivity index (χ3n) is 6.20. The molecule has 3 atom stereocenters. The van der Waals surface area contributed by atoms with Crippen molar-refractivity contribution in [1.82, 2.24) is 4.90 Å². The molecular formula is C26H23Cl2FN2OS. The van der Waals surface area contributed by atoms with Crippen molar-refractivity contribution in [2.45, 2.75) is 32.4 Å². The molecule has 4 rings (SSSR count). The molecule has 170 valence electrons. The summed E-state index contributed by atoms with van der Waals surface area (Å²) in [7, 11) is 0. The molecular weight excluding hydrogens is 478 g/mol. The van der Waals surface area contributed by atoms with Crippen LogP contribution in [0.25, 0.3) is 0 Å². The minimum Gasteiger partial charge on any atom is -0.338 e. The maximum absolute atomic E-state index is 13.9. The number of nitrogens with zero attached hydrogens (tertiary/aromatic N) is 2. The number of rotatable bonds is 5. The Labute approximate surface area is 208 Å². The van der Waals surface area contributed by atoms with Crippen LogP contribution in [0.15, 0.2) is 72.8 Å². The number of thiocarbonyl (C=S) groups is 1. The van der Waals surface area contributed by atoms with Crippen molar-refractivity contribution < 1.29 is 9.18 Å². The molecule has 3 aromatic rings.